The highest BCUT2D eigenvalue weighted by atomic mass is 32.1. The van der Waals surface area contributed by atoms with Crippen molar-refractivity contribution in [3.63, 3.8) is 0 Å². The van der Waals surface area contributed by atoms with Gasteiger partial charge in [-0.3, -0.25) is 0 Å². The molecule has 4 heteroatoms. The molecule has 3 aromatic rings. The average molecular weight is 280 g/mol. The molecular weight excluding hydrogens is 268 g/mol. The summed E-state index contributed by atoms with van der Waals surface area (Å²) in [5.41, 5.74) is 9.62. The van der Waals surface area contributed by atoms with Crippen LogP contribution < -0.4 is 5.73 Å². The summed E-state index contributed by atoms with van der Waals surface area (Å²) < 4.78 is 5.38. The van der Waals surface area contributed by atoms with Gasteiger partial charge in [-0.2, -0.15) is 5.26 Å². The SMILES string of the molecule is Cc1occc1-c1sc(C#N)c(N)c1-c1ccccc1. The molecule has 0 saturated heterocycles. The number of anilines is 1. The van der Waals surface area contributed by atoms with Gasteiger partial charge in [0.15, 0.2) is 0 Å². The highest BCUT2D eigenvalue weighted by Gasteiger charge is 2.20. The second-order valence-electron chi connectivity index (χ2n) is 4.42. The summed E-state index contributed by atoms with van der Waals surface area (Å²) in [4.78, 5) is 1.52. The Hall–Kier alpha value is -2.51. The van der Waals surface area contributed by atoms with Crippen LogP contribution in [-0.4, -0.2) is 0 Å². The Morgan fingerprint density at radius 1 is 1.20 bits per heavy atom. The number of furan rings is 1. The maximum Gasteiger partial charge on any atom is 0.129 e. The van der Waals surface area contributed by atoms with Gasteiger partial charge in [-0.25, -0.2) is 0 Å². The molecular formula is C16H12N2OS. The van der Waals surface area contributed by atoms with E-state index in [2.05, 4.69) is 6.07 Å². The lowest BCUT2D eigenvalue weighted by Crippen LogP contribution is -1.89. The maximum atomic E-state index is 9.23. The largest absolute Gasteiger partial charge is 0.469 e. The number of rotatable bonds is 2. The number of hydrogen-bond donors (Lipinski definition) is 1. The van der Waals surface area contributed by atoms with Gasteiger partial charge < -0.3 is 10.2 Å². The average Bonchev–Trinajstić information content (AvgIpc) is 3.03. The smallest absolute Gasteiger partial charge is 0.129 e. The molecule has 98 valence electrons. The summed E-state index contributed by atoms with van der Waals surface area (Å²) in [5, 5.41) is 9.23. The molecule has 0 spiro atoms. The molecule has 2 aromatic heterocycles. The van der Waals surface area contributed by atoms with Crippen molar-refractivity contribution >= 4 is 17.0 Å². The number of nitrogen functional groups attached to an aromatic ring is 1. The van der Waals surface area contributed by atoms with Gasteiger partial charge in [0.1, 0.15) is 16.7 Å². The molecule has 0 atom stereocenters. The van der Waals surface area contributed by atoms with Crippen LogP contribution in [0.3, 0.4) is 0 Å². The zero-order valence-corrected chi connectivity index (χ0v) is 11.7. The van der Waals surface area contributed by atoms with E-state index < -0.39 is 0 Å². The number of nitriles is 1. The van der Waals surface area contributed by atoms with Crippen LogP contribution in [0, 0.1) is 18.3 Å². The molecule has 2 N–H and O–H groups in total. The van der Waals surface area contributed by atoms with Crippen LogP contribution in [0.5, 0.6) is 0 Å². The Labute approximate surface area is 120 Å². The Bertz CT molecular complexity index is 794. The summed E-state index contributed by atoms with van der Waals surface area (Å²) in [7, 11) is 0. The third-order valence-corrected chi connectivity index (χ3v) is 4.36. The topological polar surface area (TPSA) is 63.0 Å². The van der Waals surface area contributed by atoms with Crippen LogP contribution in [0.2, 0.25) is 0 Å². The van der Waals surface area contributed by atoms with Crippen molar-refractivity contribution in [2.45, 2.75) is 6.92 Å². The lowest BCUT2D eigenvalue weighted by Gasteiger charge is -2.04. The standard InChI is InChI=1S/C16H12N2OS/c1-10-12(7-8-19-10)16-14(11-5-3-2-4-6-11)15(18)13(9-17)20-16/h2-8H,18H2,1H3. The number of nitrogens with zero attached hydrogens (tertiary/aromatic N) is 1. The third-order valence-electron chi connectivity index (χ3n) is 3.21. The fraction of sp³-hybridized carbons (Fsp3) is 0.0625. The molecule has 3 nitrogen and oxygen atoms in total. The third kappa shape index (κ3) is 1.89. The molecule has 0 amide bonds. The minimum absolute atomic E-state index is 0.541. The van der Waals surface area contributed by atoms with Crippen molar-refractivity contribution in [3.05, 3.63) is 53.3 Å². The molecule has 0 aliphatic carbocycles. The number of aryl methyl sites for hydroxylation is 1. The molecule has 0 bridgehead atoms. The first-order chi connectivity index (χ1) is 9.72. The van der Waals surface area contributed by atoms with Gasteiger partial charge in [-0.15, -0.1) is 11.3 Å². The highest BCUT2D eigenvalue weighted by molar-refractivity contribution is 7.17. The van der Waals surface area contributed by atoms with E-state index in [0.29, 0.717) is 10.6 Å². The Morgan fingerprint density at radius 3 is 2.55 bits per heavy atom. The summed E-state index contributed by atoms with van der Waals surface area (Å²) >= 11 is 1.41. The van der Waals surface area contributed by atoms with Crippen molar-refractivity contribution in [1.29, 1.82) is 5.26 Å². The normalized spacial score (nSPS) is 10.4. The molecule has 20 heavy (non-hydrogen) atoms. The summed E-state index contributed by atoms with van der Waals surface area (Å²) in [5.74, 6) is 0.827. The van der Waals surface area contributed by atoms with E-state index in [0.717, 1.165) is 27.3 Å². The van der Waals surface area contributed by atoms with Crippen molar-refractivity contribution in [2.75, 3.05) is 5.73 Å². The van der Waals surface area contributed by atoms with Crippen LogP contribution in [0.15, 0.2) is 47.1 Å². The lowest BCUT2D eigenvalue weighted by molar-refractivity contribution is 0.535. The van der Waals surface area contributed by atoms with Crippen LogP contribution in [-0.2, 0) is 0 Å². The molecule has 0 saturated carbocycles. The Morgan fingerprint density at radius 2 is 1.95 bits per heavy atom. The first kappa shape index (κ1) is 12.5. The van der Waals surface area contributed by atoms with Crippen LogP contribution in [0.1, 0.15) is 10.6 Å². The zero-order chi connectivity index (χ0) is 14.1. The number of thiophene rings is 1. The fourth-order valence-corrected chi connectivity index (χ4v) is 3.34. The lowest BCUT2D eigenvalue weighted by atomic mass is 10.0. The number of hydrogen-bond acceptors (Lipinski definition) is 4. The fourth-order valence-electron chi connectivity index (χ4n) is 2.23. The molecule has 0 aliphatic rings. The van der Waals surface area contributed by atoms with Gasteiger partial charge in [0, 0.05) is 16.0 Å². The molecule has 0 fully saturated rings. The molecule has 0 radical (unpaired) electrons. The van der Waals surface area contributed by atoms with E-state index in [9.17, 15) is 5.26 Å². The first-order valence-electron chi connectivity index (χ1n) is 6.14. The van der Waals surface area contributed by atoms with Gasteiger partial charge in [0.2, 0.25) is 0 Å². The molecule has 3 rings (SSSR count). The van der Waals surface area contributed by atoms with E-state index in [-0.39, 0.29) is 0 Å². The maximum absolute atomic E-state index is 9.23. The Balaban J connectivity index is 2.31. The van der Waals surface area contributed by atoms with E-state index in [1.165, 1.54) is 11.3 Å². The van der Waals surface area contributed by atoms with Crippen LogP contribution in [0.4, 0.5) is 5.69 Å². The van der Waals surface area contributed by atoms with Gasteiger partial charge in [0.05, 0.1) is 12.0 Å². The van der Waals surface area contributed by atoms with E-state index in [4.69, 9.17) is 10.2 Å². The molecule has 2 heterocycles. The second-order valence-corrected chi connectivity index (χ2v) is 5.44. The zero-order valence-electron chi connectivity index (χ0n) is 10.9. The molecule has 0 unspecified atom stereocenters. The molecule has 0 aliphatic heterocycles. The Kier molecular flexibility index (Phi) is 3.05. The van der Waals surface area contributed by atoms with Crippen LogP contribution >= 0.6 is 11.3 Å². The van der Waals surface area contributed by atoms with Crippen molar-refractivity contribution in [1.82, 2.24) is 0 Å². The predicted molar refractivity (Wildman–Crippen MR) is 81.3 cm³/mol. The molecule has 1 aromatic carbocycles. The van der Waals surface area contributed by atoms with E-state index in [1.54, 1.807) is 6.26 Å². The minimum Gasteiger partial charge on any atom is -0.469 e. The van der Waals surface area contributed by atoms with Gasteiger partial charge in [-0.1, -0.05) is 30.3 Å². The quantitative estimate of drug-likeness (QED) is 0.755. The summed E-state index contributed by atoms with van der Waals surface area (Å²) in [6, 6.07) is 14.0. The highest BCUT2D eigenvalue weighted by Crippen LogP contribution is 2.45. The van der Waals surface area contributed by atoms with Crippen molar-refractivity contribution in [2.24, 2.45) is 0 Å². The number of benzene rings is 1. The van der Waals surface area contributed by atoms with Crippen LogP contribution in [0.25, 0.3) is 21.6 Å². The number of nitrogens with two attached hydrogens (primary N) is 1. The first-order valence-corrected chi connectivity index (χ1v) is 6.96. The monoisotopic (exact) mass is 280 g/mol. The van der Waals surface area contributed by atoms with E-state index >= 15 is 0 Å². The predicted octanol–water partition coefficient (Wildman–Crippen LogP) is 4.44. The summed E-state index contributed by atoms with van der Waals surface area (Å²) in [6.45, 7) is 1.91. The van der Waals surface area contributed by atoms with Crippen molar-refractivity contribution < 1.29 is 4.42 Å². The summed E-state index contributed by atoms with van der Waals surface area (Å²) in [6.07, 6.45) is 1.65. The second kappa shape index (κ2) is 4.87. The van der Waals surface area contributed by atoms with Gasteiger partial charge in [0.25, 0.3) is 0 Å². The van der Waals surface area contributed by atoms with Gasteiger partial charge >= 0.3 is 0 Å². The van der Waals surface area contributed by atoms with E-state index in [1.807, 2.05) is 43.3 Å². The minimum atomic E-state index is 0.541. The van der Waals surface area contributed by atoms with Gasteiger partial charge in [-0.05, 0) is 18.6 Å². The van der Waals surface area contributed by atoms with Crippen molar-refractivity contribution in [3.8, 4) is 27.6 Å².